The summed E-state index contributed by atoms with van der Waals surface area (Å²) < 4.78 is 14.7. The highest BCUT2D eigenvalue weighted by atomic mass is 79.9. The van der Waals surface area contributed by atoms with Gasteiger partial charge in [-0.25, -0.2) is 4.39 Å². The Hall–Kier alpha value is -1.37. The molecule has 2 rings (SSSR count). The molecule has 2 aromatic rings. The average molecular weight is 417 g/mol. The number of anilines is 1. The molecule has 23 heavy (non-hydrogen) atoms. The van der Waals surface area contributed by atoms with E-state index in [9.17, 15) is 14.0 Å². The summed E-state index contributed by atoms with van der Waals surface area (Å²) in [5.74, 6) is -0.988. The zero-order chi connectivity index (χ0) is 17.0. The van der Waals surface area contributed by atoms with Gasteiger partial charge in [0.2, 0.25) is 5.91 Å². The SMILES string of the molecule is CC(=O)c1ccc(SCC(=O)Nc2ccc(Br)cc2Cl)c(F)c1. The van der Waals surface area contributed by atoms with Gasteiger partial charge in [0.1, 0.15) is 5.82 Å². The van der Waals surface area contributed by atoms with Crippen molar-refractivity contribution in [2.45, 2.75) is 11.8 Å². The fraction of sp³-hybridized carbons (Fsp3) is 0.125. The second-order valence-corrected chi connectivity index (χ2v) is 7.00. The maximum absolute atomic E-state index is 13.9. The zero-order valence-corrected chi connectivity index (χ0v) is 15.2. The minimum atomic E-state index is -0.517. The number of Topliss-reactive ketones (excluding diaryl/α,β-unsaturated/α-hetero) is 1. The summed E-state index contributed by atoms with van der Waals surface area (Å²) in [6.45, 7) is 1.37. The van der Waals surface area contributed by atoms with Crippen LogP contribution in [0, 0.1) is 5.82 Å². The molecule has 120 valence electrons. The minimum Gasteiger partial charge on any atom is -0.324 e. The molecule has 0 heterocycles. The third-order valence-corrected chi connectivity index (χ3v) is 4.76. The van der Waals surface area contributed by atoms with Crippen LogP contribution in [-0.2, 0) is 4.79 Å². The number of amides is 1. The Bertz CT molecular complexity index is 770. The molecule has 3 nitrogen and oxygen atoms in total. The first-order valence-corrected chi connectivity index (χ1v) is 8.70. The summed E-state index contributed by atoms with van der Waals surface area (Å²) in [5.41, 5.74) is 0.797. The molecule has 0 aliphatic carbocycles. The second-order valence-electron chi connectivity index (χ2n) is 4.66. The van der Waals surface area contributed by atoms with Crippen molar-refractivity contribution in [2.75, 3.05) is 11.1 Å². The van der Waals surface area contributed by atoms with Crippen LogP contribution in [0.25, 0.3) is 0 Å². The number of hydrogen-bond donors (Lipinski definition) is 1. The fourth-order valence-electron chi connectivity index (χ4n) is 1.76. The fourth-order valence-corrected chi connectivity index (χ4v) is 3.20. The lowest BCUT2D eigenvalue weighted by Gasteiger charge is -2.08. The van der Waals surface area contributed by atoms with Gasteiger partial charge in [-0.3, -0.25) is 9.59 Å². The van der Waals surface area contributed by atoms with Gasteiger partial charge in [0, 0.05) is 14.9 Å². The third kappa shape index (κ3) is 5.06. The first-order chi connectivity index (χ1) is 10.9. The molecule has 0 aliphatic heterocycles. The minimum absolute atomic E-state index is 0.0305. The predicted octanol–water partition coefficient (Wildman–Crippen LogP) is 5.18. The monoisotopic (exact) mass is 415 g/mol. The van der Waals surface area contributed by atoms with Gasteiger partial charge < -0.3 is 5.32 Å². The van der Waals surface area contributed by atoms with Gasteiger partial charge in [0.05, 0.1) is 16.5 Å². The van der Waals surface area contributed by atoms with Crippen molar-refractivity contribution in [3.63, 3.8) is 0 Å². The van der Waals surface area contributed by atoms with Gasteiger partial charge in [0.15, 0.2) is 5.78 Å². The van der Waals surface area contributed by atoms with E-state index < -0.39 is 5.82 Å². The number of carbonyl (C=O) groups is 2. The van der Waals surface area contributed by atoms with Crippen LogP contribution >= 0.6 is 39.3 Å². The van der Waals surface area contributed by atoms with Crippen molar-refractivity contribution in [3.05, 3.63) is 57.3 Å². The molecule has 0 spiro atoms. The van der Waals surface area contributed by atoms with E-state index in [0.29, 0.717) is 21.2 Å². The average Bonchev–Trinajstić information content (AvgIpc) is 2.48. The van der Waals surface area contributed by atoms with E-state index in [0.717, 1.165) is 16.2 Å². The summed E-state index contributed by atoms with van der Waals surface area (Å²) in [4.78, 5) is 23.4. The van der Waals surface area contributed by atoms with E-state index in [2.05, 4.69) is 21.2 Å². The Morgan fingerprint density at radius 3 is 2.61 bits per heavy atom. The number of thioether (sulfide) groups is 1. The van der Waals surface area contributed by atoms with Gasteiger partial charge in [-0.15, -0.1) is 11.8 Å². The molecule has 7 heteroatoms. The van der Waals surface area contributed by atoms with E-state index in [1.165, 1.54) is 25.1 Å². The molecular weight excluding hydrogens is 405 g/mol. The molecule has 0 fully saturated rings. The normalized spacial score (nSPS) is 10.4. The topological polar surface area (TPSA) is 46.2 Å². The Kier molecular flexibility index (Phi) is 6.21. The number of carbonyl (C=O) groups excluding carboxylic acids is 2. The van der Waals surface area contributed by atoms with Crippen molar-refractivity contribution in [1.29, 1.82) is 0 Å². The molecule has 0 atom stereocenters. The van der Waals surface area contributed by atoms with Crippen molar-refractivity contribution >= 4 is 56.7 Å². The molecule has 0 bridgehead atoms. The summed E-state index contributed by atoms with van der Waals surface area (Å²) in [6, 6.07) is 9.32. The molecular formula is C16H12BrClFNO2S. The van der Waals surface area contributed by atoms with Gasteiger partial charge in [-0.1, -0.05) is 33.6 Å². The highest BCUT2D eigenvalue weighted by Gasteiger charge is 2.11. The van der Waals surface area contributed by atoms with E-state index >= 15 is 0 Å². The Morgan fingerprint density at radius 2 is 2.00 bits per heavy atom. The van der Waals surface area contributed by atoms with Crippen LogP contribution in [0.4, 0.5) is 10.1 Å². The molecule has 0 aromatic heterocycles. The third-order valence-electron chi connectivity index (χ3n) is 2.90. The first kappa shape index (κ1) is 18.0. The molecule has 1 N–H and O–H groups in total. The number of benzene rings is 2. The molecule has 1 amide bonds. The quantitative estimate of drug-likeness (QED) is 0.540. The standard InChI is InChI=1S/C16H12BrClFNO2S/c1-9(21)10-2-5-15(13(19)6-10)23-8-16(22)20-14-4-3-11(17)7-12(14)18/h2-7H,8H2,1H3,(H,20,22). The number of nitrogens with one attached hydrogen (secondary N) is 1. The second kappa shape index (κ2) is 7.95. The molecule has 0 saturated heterocycles. The van der Waals surface area contributed by atoms with Crippen molar-refractivity contribution < 1.29 is 14.0 Å². The highest BCUT2D eigenvalue weighted by molar-refractivity contribution is 9.10. The first-order valence-electron chi connectivity index (χ1n) is 6.55. The predicted molar refractivity (Wildman–Crippen MR) is 94.9 cm³/mol. The lowest BCUT2D eigenvalue weighted by Crippen LogP contribution is -2.14. The van der Waals surface area contributed by atoms with E-state index in [-0.39, 0.29) is 17.4 Å². The lowest BCUT2D eigenvalue weighted by atomic mass is 10.1. The maximum atomic E-state index is 13.9. The molecule has 0 unspecified atom stereocenters. The molecule has 0 aliphatic rings. The molecule has 2 aromatic carbocycles. The van der Waals surface area contributed by atoms with E-state index in [4.69, 9.17) is 11.6 Å². The van der Waals surface area contributed by atoms with Crippen LogP contribution in [0.5, 0.6) is 0 Å². The van der Waals surface area contributed by atoms with Crippen molar-refractivity contribution in [3.8, 4) is 0 Å². The van der Waals surface area contributed by atoms with E-state index in [1.807, 2.05) is 0 Å². The Labute approximate surface area is 150 Å². The van der Waals surface area contributed by atoms with Gasteiger partial charge in [-0.05, 0) is 37.3 Å². The van der Waals surface area contributed by atoms with Crippen LogP contribution in [0.2, 0.25) is 5.02 Å². The van der Waals surface area contributed by atoms with Gasteiger partial charge in [0.25, 0.3) is 0 Å². The van der Waals surface area contributed by atoms with E-state index in [1.54, 1.807) is 18.2 Å². The summed E-state index contributed by atoms with van der Waals surface area (Å²) >= 11 is 10.4. The largest absolute Gasteiger partial charge is 0.324 e. The Morgan fingerprint density at radius 1 is 1.26 bits per heavy atom. The number of rotatable bonds is 5. The number of hydrogen-bond acceptors (Lipinski definition) is 3. The zero-order valence-electron chi connectivity index (χ0n) is 12.0. The van der Waals surface area contributed by atoms with Crippen LogP contribution in [0.15, 0.2) is 45.8 Å². The highest BCUT2D eigenvalue weighted by Crippen LogP contribution is 2.27. The summed E-state index contributed by atoms with van der Waals surface area (Å²) in [6.07, 6.45) is 0. The molecule has 0 radical (unpaired) electrons. The summed E-state index contributed by atoms with van der Waals surface area (Å²) in [5, 5.41) is 3.08. The van der Waals surface area contributed by atoms with Crippen LogP contribution in [-0.4, -0.2) is 17.4 Å². The van der Waals surface area contributed by atoms with Gasteiger partial charge >= 0.3 is 0 Å². The van der Waals surface area contributed by atoms with Crippen LogP contribution in [0.1, 0.15) is 17.3 Å². The van der Waals surface area contributed by atoms with Gasteiger partial charge in [-0.2, -0.15) is 0 Å². The lowest BCUT2D eigenvalue weighted by molar-refractivity contribution is -0.113. The Balaban J connectivity index is 1.98. The maximum Gasteiger partial charge on any atom is 0.234 e. The molecule has 0 saturated carbocycles. The van der Waals surface area contributed by atoms with Crippen molar-refractivity contribution in [2.24, 2.45) is 0 Å². The summed E-state index contributed by atoms with van der Waals surface area (Å²) in [7, 11) is 0. The smallest absolute Gasteiger partial charge is 0.234 e. The van der Waals surface area contributed by atoms with Crippen LogP contribution < -0.4 is 5.32 Å². The van der Waals surface area contributed by atoms with Crippen LogP contribution in [0.3, 0.4) is 0 Å². The number of halogens is 3. The van der Waals surface area contributed by atoms with Crippen molar-refractivity contribution in [1.82, 2.24) is 0 Å². The number of ketones is 1.